The van der Waals surface area contributed by atoms with E-state index in [0.717, 1.165) is 25.7 Å². The molecule has 6 nitrogen and oxygen atoms in total. The molecular weight excluding hydrogens is 284 g/mol. The van der Waals surface area contributed by atoms with Gasteiger partial charge in [0.15, 0.2) is 5.76 Å². The van der Waals surface area contributed by atoms with Crippen molar-refractivity contribution in [2.75, 3.05) is 19.6 Å². The van der Waals surface area contributed by atoms with Crippen LogP contribution in [0.15, 0.2) is 22.8 Å². The molecule has 6 heteroatoms. The Bertz CT molecular complexity index is 528. The van der Waals surface area contributed by atoms with Gasteiger partial charge in [-0.1, -0.05) is 0 Å². The molecule has 2 atom stereocenters. The van der Waals surface area contributed by atoms with Crippen LogP contribution in [0.3, 0.4) is 0 Å². The van der Waals surface area contributed by atoms with E-state index >= 15 is 0 Å². The van der Waals surface area contributed by atoms with Crippen molar-refractivity contribution in [3.05, 3.63) is 24.2 Å². The number of hydrogen-bond acceptors (Lipinski definition) is 4. The first-order valence-electron chi connectivity index (χ1n) is 7.98. The molecular formula is C16H22N2O4. The number of amides is 2. The summed E-state index contributed by atoms with van der Waals surface area (Å²) in [5.74, 6) is 0.0114. The molecule has 2 saturated heterocycles. The molecule has 22 heavy (non-hydrogen) atoms. The summed E-state index contributed by atoms with van der Waals surface area (Å²) in [6.45, 7) is 1.61. The fourth-order valence-corrected chi connectivity index (χ4v) is 3.34. The predicted molar refractivity (Wildman–Crippen MR) is 79.2 cm³/mol. The second kappa shape index (κ2) is 6.52. The fourth-order valence-electron chi connectivity index (χ4n) is 3.34. The van der Waals surface area contributed by atoms with E-state index in [-0.39, 0.29) is 17.6 Å². The number of β-amino-alcohol motifs (C(OH)–C–C–N with tert-alkyl or cyclic N) is 1. The van der Waals surface area contributed by atoms with Gasteiger partial charge in [-0.05, 0) is 44.2 Å². The highest BCUT2D eigenvalue weighted by molar-refractivity contribution is 5.95. The normalized spacial score (nSPS) is 26.0. The van der Waals surface area contributed by atoms with Crippen molar-refractivity contribution in [2.45, 2.75) is 44.2 Å². The van der Waals surface area contributed by atoms with E-state index in [1.54, 1.807) is 21.9 Å². The van der Waals surface area contributed by atoms with Crippen molar-refractivity contribution >= 4 is 11.8 Å². The number of likely N-dealkylation sites (tertiary alicyclic amines) is 2. The van der Waals surface area contributed by atoms with Gasteiger partial charge < -0.3 is 19.3 Å². The maximum absolute atomic E-state index is 12.8. The monoisotopic (exact) mass is 306 g/mol. The van der Waals surface area contributed by atoms with Crippen LogP contribution in [0.2, 0.25) is 0 Å². The lowest BCUT2D eigenvalue weighted by Gasteiger charge is -2.39. The van der Waals surface area contributed by atoms with Crippen LogP contribution in [0.5, 0.6) is 0 Å². The first kappa shape index (κ1) is 15.1. The third-order valence-corrected chi connectivity index (χ3v) is 4.49. The van der Waals surface area contributed by atoms with Crippen LogP contribution >= 0.6 is 0 Å². The Balaban J connectivity index is 1.74. The number of piperidine rings is 2. The van der Waals surface area contributed by atoms with Gasteiger partial charge in [-0.25, -0.2) is 0 Å². The van der Waals surface area contributed by atoms with Gasteiger partial charge in [-0.15, -0.1) is 0 Å². The minimum Gasteiger partial charge on any atom is -0.459 e. The molecule has 120 valence electrons. The smallest absolute Gasteiger partial charge is 0.290 e. The Morgan fingerprint density at radius 2 is 2.05 bits per heavy atom. The summed E-state index contributed by atoms with van der Waals surface area (Å²) in [5, 5.41) is 9.76. The Hall–Kier alpha value is -1.82. The van der Waals surface area contributed by atoms with Crippen molar-refractivity contribution in [2.24, 2.45) is 0 Å². The zero-order valence-electron chi connectivity index (χ0n) is 12.6. The summed E-state index contributed by atoms with van der Waals surface area (Å²) in [4.78, 5) is 28.6. The molecule has 2 amide bonds. The molecule has 3 heterocycles. The van der Waals surface area contributed by atoms with E-state index < -0.39 is 12.1 Å². The van der Waals surface area contributed by atoms with E-state index in [4.69, 9.17) is 4.42 Å². The second-order valence-electron chi connectivity index (χ2n) is 6.07. The minimum atomic E-state index is -0.449. The number of carbonyl (C=O) groups is 2. The van der Waals surface area contributed by atoms with Crippen LogP contribution in [0.4, 0.5) is 0 Å². The maximum Gasteiger partial charge on any atom is 0.290 e. The molecule has 2 aliphatic heterocycles. The number of furan rings is 1. The summed E-state index contributed by atoms with van der Waals surface area (Å²) in [5.41, 5.74) is 0. The van der Waals surface area contributed by atoms with Gasteiger partial charge in [0.2, 0.25) is 5.91 Å². The van der Waals surface area contributed by atoms with E-state index in [1.807, 2.05) is 0 Å². The van der Waals surface area contributed by atoms with Crippen LogP contribution in [0, 0.1) is 0 Å². The number of rotatable bonds is 2. The zero-order chi connectivity index (χ0) is 15.5. The summed E-state index contributed by atoms with van der Waals surface area (Å²) >= 11 is 0. The lowest BCUT2D eigenvalue weighted by atomic mass is 9.99. The van der Waals surface area contributed by atoms with Crippen molar-refractivity contribution in [1.29, 1.82) is 0 Å². The lowest BCUT2D eigenvalue weighted by molar-refractivity contribution is -0.140. The summed E-state index contributed by atoms with van der Waals surface area (Å²) in [7, 11) is 0. The average Bonchev–Trinajstić information content (AvgIpc) is 3.08. The largest absolute Gasteiger partial charge is 0.459 e. The number of aliphatic hydroxyl groups excluding tert-OH is 1. The SMILES string of the molecule is O=C(C1CCCCN1C(=O)c1ccco1)N1CCCC(O)C1. The van der Waals surface area contributed by atoms with Gasteiger partial charge in [-0.3, -0.25) is 9.59 Å². The van der Waals surface area contributed by atoms with Crippen LogP contribution in [-0.4, -0.2) is 58.5 Å². The number of carbonyl (C=O) groups excluding carboxylic acids is 2. The van der Waals surface area contributed by atoms with Gasteiger partial charge in [0.25, 0.3) is 5.91 Å². The van der Waals surface area contributed by atoms with Crippen LogP contribution in [0.25, 0.3) is 0 Å². The molecule has 0 radical (unpaired) electrons. The molecule has 0 bridgehead atoms. The Kier molecular flexibility index (Phi) is 4.47. The molecule has 2 aliphatic rings. The molecule has 1 N–H and O–H groups in total. The highest BCUT2D eigenvalue weighted by Gasteiger charge is 2.37. The third-order valence-electron chi connectivity index (χ3n) is 4.49. The maximum atomic E-state index is 12.8. The highest BCUT2D eigenvalue weighted by Crippen LogP contribution is 2.23. The zero-order valence-corrected chi connectivity index (χ0v) is 12.6. The predicted octanol–water partition coefficient (Wildman–Crippen LogP) is 1.26. The quantitative estimate of drug-likeness (QED) is 0.892. The summed E-state index contributed by atoms with van der Waals surface area (Å²) in [6, 6.07) is 2.87. The highest BCUT2D eigenvalue weighted by atomic mass is 16.3. The van der Waals surface area contributed by atoms with E-state index in [9.17, 15) is 14.7 Å². The first-order valence-corrected chi connectivity index (χ1v) is 7.98. The molecule has 0 aromatic carbocycles. The Morgan fingerprint density at radius 3 is 2.77 bits per heavy atom. The molecule has 0 aliphatic carbocycles. The molecule has 2 fully saturated rings. The second-order valence-corrected chi connectivity index (χ2v) is 6.07. The lowest BCUT2D eigenvalue weighted by Crippen LogP contribution is -2.55. The molecule has 2 unspecified atom stereocenters. The Labute approximate surface area is 129 Å². The topological polar surface area (TPSA) is 74.0 Å². The van der Waals surface area contributed by atoms with E-state index in [0.29, 0.717) is 26.1 Å². The number of aliphatic hydroxyl groups is 1. The molecule has 1 aromatic rings. The van der Waals surface area contributed by atoms with Gasteiger partial charge >= 0.3 is 0 Å². The standard InChI is InChI=1S/C16H22N2O4/c19-12-5-3-8-17(11-12)15(20)13-6-1-2-9-18(13)16(21)14-7-4-10-22-14/h4,7,10,12-13,19H,1-3,5-6,8-9,11H2. The molecule has 0 saturated carbocycles. The molecule has 0 spiro atoms. The number of nitrogens with zero attached hydrogens (tertiary/aromatic N) is 2. The van der Waals surface area contributed by atoms with E-state index in [2.05, 4.69) is 0 Å². The van der Waals surface area contributed by atoms with Gasteiger partial charge in [0.05, 0.1) is 12.4 Å². The third kappa shape index (κ3) is 3.02. The molecule has 1 aromatic heterocycles. The minimum absolute atomic E-state index is 0.0432. The van der Waals surface area contributed by atoms with Crippen molar-refractivity contribution in [3.8, 4) is 0 Å². The van der Waals surface area contributed by atoms with Crippen molar-refractivity contribution in [1.82, 2.24) is 9.80 Å². The van der Waals surface area contributed by atoms with E-state index in [1.165, 1.54) is 6.26 Å². The fraction of sp³-hybridized carbons (Fsp3) is 0.625. The summed E-state index contributed by atoms with van der Waals surface area (Å²) < 4.78 is 5.18. The molecule has 3 rings (SSSR count). The number of hydrogen-bond donors (Lipinski definition) is 1. The van der Waals surface area contributed by atoms with Crippen LogP contribution in [-0.2, 0) is 4.79 Å². The van der Waals surface area contributed by atoms with Crippen molar-refractivity contribution < 1.29 is 19.1 Å². The van der Waals surface area contributed by atoms with Crippen molar-refractivity contribution in [3.63, 3.8) is 0 Å². The summed E-state index contributed by atoms with van der Waals surface area (Å²) in [6.07, 6.45) is 5.09. The van der Waals surface area contributed by atoms with Gasteiger partial charge in [0, 0.05) is 19.6 Å². The van der Waals surface area contributed by atoms with Crippen LogP contribution < -0.4 is 0 Å². The Morgan fingerprint density at radius 1 is 1.18 bits per heavy atom. The van der Waals surface area contributed by atoms with Crippen LogP contribution in [0.1, 0.15) is 42.7 Å². The average molecular weight is 306 g/mol. The van der Waals surface area contributed by atoms with Gasteiger partial charge in [0.1, 0.15) is 6.04 Å². The van der Waals surface area contributed by atoms with Gasteiger partial charge in [-0.2, -0.15) is 0 Å². The first-order chi connectivity index (χ1) is 10.7.